The Labute approximate surface area is 135 Å². The lowest BCUT2D eigenvalue weighted by Crippen LogP contribution is -2.27. The predicted molar refractivity (Wildman–Crippen MR) is 87.3 cm³/mol. The number of thioether (sulfide) groups is 1. The number of benzene rings is 1. The van der Waals surface area contributed by atoms with Gasteiger partial charge in [-0.3, -0.25) is 14.5 Å². The summed E-state index contributed by atoms with van der Waals surface area (Å²) in [6.45, 7) is 0.243. The van der Waals surface area contributed by atoms with E-state index in [2.05, 4.69) is 0 Å². The van der Waals surface area contributed by atoms with Gasteiger partial charge < -0.3 is 0 Å². The van der Waals surface area contributed by atoms with Crippen molar-refractivity contribution in [3.8, 4) is 0 Å². The van der Waals surface area contributed by atoms with E-state index in [0.717, 1.165) is 22.2 Å². The second-order valence-corrected chi connectivity index (χ2v) is 6.82. The molecule has 106 valence electrons. The third-order valence-corrected chi connectivity index (χ3v) is 4.88. The second kappa shape index (κ2) is 6.05. The van der Waals surface area contributed by atoms with Crippen molar-refractivity contribution in [2.24, 2.45) is 0 Å². The first-order valence-electron chi connectivity index (χ1n) is 6.17. The van der Waals surface area contributed by atoms with Gasteiger partial charge in [0.05, 0.1) is 11.4 Å². The molecule has 0 N–H and O–H groups in total. The van der Waals surface area contributed by atoms with E-state index < -0.39 is 0 Å². The highest BCUT2D eigenvalue weighted by molar-refractivity contribution is 8.18. The first kappa shape index (κ1) is 14.4. The number of imide groups is 1. The number of thiophene rings is 1. The lowest BCUT2D eigenvalue weighted by Gasteiger charge is -2.12. The van der Waals surface area contributed by atoms with Gasteiger partial charge in [0.2, 0.25) is 0 Å². The quantitative estimate of drug-likeness (QED) is 0.767. The maximum absolute atomic E-state index is 12.3. The van der Waals surface area contributed by atoms with Crippen molar-refractivity contribution in [3.05, 3.63) is 62.1 Å². The summed E-state index contributed by atoms with van der Waals surface area (Å²) in [7, 11) is 0. The molecule has 0 bridgehead atoms. The van der Waals surface area contributed by atoms with Gasteiger partial charge in [-0.05, 0) is 47.0 Å². The van der Waals surface area contributed by atoms with Crippen LogP contribution in [0.4, 0.5) is 4.79 Å². The zero-order chi connectivity index (χ0) is 14.8. The Bertz CT molecular complexity index is 725. The lowest BCUT2D eigenvalue weighted by atomic mass is 10.2. The summed E-state index contributed by atoms with van der Waals surface area (Å²) in [4.78, 5) is 27.0. The largest absolute Gasteiger partial charge is 0.293 e. The molecule has 1 aromatic carbocycles. The van der Waals surface area contributed by atoms with E-state index in [0.29, 0.717) is 9.93 Å². The highest BCUT2D eigenvalue weighted by atomic mass is 35.5. The number of hydrogen-bond acceptors (Lipinski definition) is 4. The molecule has 1 saturated heterocycles. The van der Waals surface area contributed by atoms with Crippen molar-refractivity contribution in [2.75, 3.05) is 0 Å². The summed E-state index contributed by atoms with van der Waals surface area (Å²) in [5.41, 5.74) is 0.835. The van der Waals surface area contributed by atoms with Crippen LogP contribution in [0.3, 0.4) is 0 Å². The first-order chi connectivity index (χ1) is 10.1. The SMILES string of the molecule is O=C1S/C(=C\c2cccs2)C(=O)N1Cc1cccc(Cl)c1. The van der Waals surface area contributed by atoms with Crippen LogP contribution in [0.25, 0.3) is 6.08 Å². The molecule has 2 heterocycles. The van der Waals surface area contributed by atoms with Gasteiger partial charge in [0, 0.05) is 9.90 Å². The van der Waals surface area contributed by atoms with Crippen molar-refractivity contribution < 1.29 is 9.59 Å². The van der Waals surface area contributed by atoms with Crippen LogP contribution in [0.5, 0.6) is 0 Å². The predicted octanol–water partition coefficient (Wildman–Crippen LogP) is 4.64. The van der Waals surface area contributed by atoms with Gasteiger partial charge in [-0.15, -0.1) is 11.3 Å². The Balaban J connectivity index is 1.81. The molecule has 0 aliphatic carbocycles. The normalized spacial score (nSPS) is 17.0. The molecule has 1 aliphatic rings. The highest BCUT2D eigenvalue weighted by Gasteiger charge is 2.35. The van der Waals surface area contributed by atoms with Crippen molar-refractivity contribution in [2.45, 2.75) is 6.54 Å². The molecule has 2 amide bonds. The molecule has 21 heavy (non-hydrogen) atoms. The smallest absolute Gasteiger partial charge is 0.268 e. The zero-order valence-electron chi connectivity index (χ0n) is 10.8. The van der Waals surface area contributed by atoms with Gasteiger partial charge in [-0.1, -0.05) is 29.8 Å². The van der Waals surface area contributed by atoms with E-state index in [1.165, 1.54) is 16.2 Å². The third kappa shape index (κ3) is 3.20. The van der Waals surface area contributed by atoms with E-state index in [4.69, 9.17) is 11.6 Å². The van der Waals surface area contributed by atoms with Crippen LogP contribution in [-0.4, -0.2) is 16.0 Å². The van der Waals surface area contributed by atoms with E-state index in [1.807, 2.05) is 23.6 Å². The van der Waals surface area contributed by atoms with Crippen LogP contribution in [0.1, 0.15) is 10.4 Å². The minimum atomic E-state index is -0.252. The van der Waals surface area contributed by atoms with Gasteiger partial charge in [-0.2, -0.15) is 0 Å². The summed E-state index contributed by atoms with van der Waals surface area (Å²) < 4.78 is 0. The number of amides is 2. The molecular formula is C15H10ClNO2S2. The van der Waals surface area contributed by atoms with Gasteiger partial charge in [0.15, 0.2) is 0 Å². The number of hydrogen-bond donors (Lipinski definition) is 0. The molecule has 0 saturated carbocycles. The summed E-state index contributed by atoms with van der Waals surface area (Å²) >= 11 is 8.43. The van der Waals surface area contributed by atoms with Crippen LogP contribution in [0.15, 0.2) is 46.7 Å². The van der Waals surface area contributed by atoms with Crippen molar-refractivity contribution in [3.63, 3.8) is 0 Å². The van der Waals surface area contributed by atoms with Crippen LogP contribution in [0, 0.1) is 0 Å². The molecule has 0 atom stereocenters. The fraction of sp³-hybridized carbons (Fsp3) is 0.0667. The van der Waals surface area contributed by atoms with Gasteiger partial charge in [0.25, 0.3) is 11.1 Å². The first-order valence-corrected chi connectivity index (χ1v) is 8.24. The van der Waals surface area contributed by atoms with Crippen LogP contribution in [-0.2, 0) is 11.3 Å². The molecular weight excluding hydrogens is 326 g/mol. The van der Waals surface area contributed by atoms with Gasteiger partial charge >= 0.3 is 0 Å². The maximum atomic E-state index is 12.3. The average molecular weight is 336 g/mol. The Kier molecular flexibility index (Phi) is 4.14. The highest BCUT2D eigenvalue weighted by Crippen LogP contribution is 2.34. The van der Waals surface area contributed by atoms with Crippen molar-refractivity contribution in [1.29, 1.82) is 0 Å². The van der Waals surface area contributed by atoms with Gasteiger partial charge in [0.1, 0.15) is 0 Å². The van der Waals surface area contributed by atoms with Gasteiger partial charge in [-0.25, -0.2) is 0 Å². The molecule has 0 spiro atoms. The maximum Gasteiger partial charge on any atom is 0.293 e. The minimum absolute atomic E-state index is 0.243. The van der Waals surface area contributed by atoms with Crippen LogP contribution >= 0.6 is 34.7 Å². The number of carbonyl (C=O) groups excluding carboxylic acids is 2. The monoisotopic (exact) mass is 335 g/mol. The molecule has 1 fully saturated rings. The Morgan fingerprint density at radius 1 is 1.19 bits per heavy atom. The topological polar surface area (TPSA) is 37.4 Å². The summed E-state index contributed by atoms with van der Waals surface area (Å²) in [5, 5.41) is 2.28. The molecule has 3 rings (SSSR count). The van der Waals surface area contributed by atoms with Crippen LogP contribution < -0.4 is 0 Å². The fourth-order valence-corrected chi connectivity index (χ4v) is 3.73. The Morgan fingerprint density at radius 3 is 2.76 bits per heavy atom. The van der Waals surface area contributed by atoms with E-state index in [1.54, 1.807) is 24.3 Å². The Hall–Kier alpha value is -1.56. The van der Waals surface area contributed by atoms with E-state index >= 15 is 0 Å². The summed E-state index contributed by atoms with van der Waals surface area (Å²) in [5.74, 6) is -0.252. The fourth-order valence-electron chi connectivity index (χ4n) is 1.96. The summed E-state index contributed by atoms with van der Waals surface area (Å²) in [6.07, 6.45) is 1.76. The number of rotatable bonds is 3. The van der Waals surface area contributed by atoms with E-state index in [9.17, 15) is 9.59 Å². The average Bonchev–Trinajstić information content (AvgIpc) is 3.04. The second-order valence-electron chi connectivity index (χ2n) is 4.41. The number of halogens is 1. The molecule has 6 heteroatoms. The molecule has 3 nitrogen and oxygen atoms in total. The molecule has 2 aromatic rings. The molecule has 1 aromatic heterocycles. The van der Waals surface area contributed by atoms with Crippen molar-refractivity contribution in [1.82, 2.24) is 4.90 Å². The number of nitrogens with zero attached hydrogens (tertiary/aromatic N) is 1. The van der Waals surface area contributed by atoms with Crippen LogP contribution in [0.2, 0.25) is 5.02 Å². The van der Waals surface area contributed by atoms with Crippen molar-refractivity contribution >= 4 is 51.9 Å². The molecule has 0 unspecified atom stereocenters. The molecule has 0 radical (unpaired) electrons. The number of carbonyl (C=O) groups is 2. The standard InChI is InChI=1S/C15H10ClNO2S2/c16-11-4-1-3-10(7-11)9-17-14(18)13(21-15(17)19)8-12-5-2-6-20-12/h1-8H,9H2/b13-8-. The Morgan fingerprint density at radius 2 is 2.05 bits per heavy atom. The van der Waals surface area contributed by atoms with E-state index in [-0.39, 0.29) is 17.7 Å². The summed E-state index contributed by atoms with van der Waals surface area (Å²) in [6, 6.07) is 11.0. The third-order valence-electron chi connectivity index (χ3n) is 2.92. The minimum Gasteiger partial charge on any atom is -0.268 e. The molecule has 1 aliphatic heterocycles. The lowest BCUT2D eigenvalue weighted by molar-refractivity contribution is -0.123. The zero-order valence-corrected chi connectivity index (χ0v) is 13.2.